The number of benzene rings is 2. The highest BCUT2D eigenvalue weighted by Crippen LogP contribution is 2.39. The Hall–Kier alpha value is -2.55. The number of rotatable bonds is 9. The zero-order valence-corrected chi connectivity index (χ0v) is 24.5. The largest absolute Gasteiger partial charge is 0.508 e. The first-order valence-corrected chi connectivity index (χ1v) is 15.3. The van der Waals surface area contributed by atoms with Gasteiger partial charge in [0.1, 0.15) is 5.75 Å². The van der Waals surface area contributed by atoms with E-state index in [2.05, 4.69) is 15.5 Å². The van der Waals surface area contributed by atoms with Gasteiger partial charge in [0.25, 0.3) is 5.91 Å². The number of fused-ring (bicyclic) bond motifs is 1. The molecular weight excluding hydrogens is 523 g/mol. The number of piperidine rings is 1. The number of thioether (sulfide) groups is 1. The third kappa shape index (κ3) is 8.02. The molecule has 8 heteroatoms. The van der Waals surface area contributed by atoms with Crippen LogP contribution in [0.2, 0.25) is 0 Å². The van der Waals surface area contributed by atoms with E-state index in [0.29, 0.717) is 24.1 Å². The number of phenols is 1. The fraction of sp³-hybridized carbons (Fsp3) is 0.562. The Morgan fingerprint density at radius 1 is 1.10 bits per heavy atom. The molecule has 218 valence electrons. The Labute approximate surface area is 247 Å². The predicted molar refractivity (Wildman–Crippen MR) is 161 cm³/mol. The van der Waals surface area contributed by atoms with Crippen LogP contribution in [0.4, 0.5) is 0 Å². The van der Waals surface area contributed by atoms with Gasteiger partial charge >= 0.3 is 0 Å². The molecule has 0 radical (unpaired) electrons. The van der Waals surface area contributed by atoms with Crippen molar-refractivity contribution in [3.05, 3.63) is 59.7 Å². The molecule has 7 nitrogen and oxygen atoms in total. The van der Waals surface area contributed by atoms with Gasteiger partial charge in [0, 0.05) is 44.5 Å². The molecule has 5 atom stereocenters. The summed E-state index contributed by atoms with van der Waals surface area (Å²) in [5.41, 5.74) is -0.975. The minimum absolute atomic E-state index is 0.0509. The van der Waals surface area contributed by atoms with Crippen LogP contribution in [0.15, 0.2) is 53.4 Å². The van der Waals surface area contributed by atoms with Gasteiger partial charge in [0.15, 0.2) is 0 Å². The number of aromatic hydroxyl groups is 1. The number of β-amino-alcohol motifs (C(OH)–C–C–N with tert-alkyl or cyclic N) is 1. The molecule has 40 heavy (non-hydrogen) atoms. The lowest BCUT2D eigenvalue weighted by Gasteiger charge is -2.47. The summed E-state index contributed by atoms with van der Waals surface area (Å²) < 4.78 is 23.6. The predicted octanol–water partition coefficient (Wildman–Crippen LogP) is 4.75. The molecule has 2 amide bonds. The molecule has 0 spiro atoms. The first-order chi connectivity index (χ1) is 20.2. The zero-order valence-electron chi connectivity index (χ0n) is 26.7. The number of likely N-dealkylation sites (tertiary alicyclic amines) is 1. The highest BCUT2D eigenvalue weighted by molar-refractivity contribution is 7.99. The van der Waals surface area contributed by atoms with Crippen molar-refractivity contribution in [2.75, 3.05) is 18.8 Å². The van der Waals surface area contributed by atoms with Crippen molar-refractivity contribution in [1.29, 1.82) is 0 Å². The molecule has 2 aromatic carbocycles. The quantitative estimate of drug-likeness (QED) is 0.256. The standard InChI is InChI=1S/C32H45N3O4S/c1-21-25(15-10-16-28(21)36)30(38)33-26(20-40-24-13-6-5-7-14-24)29(37)19-35-18-23-12-9-8-11-22(23)17-27(35)31(39)34-32(2,3)4/h5-7,10,13-16,22-23,26-27,29,36-37H,8-9,11-12,17-20H2,1-4H3,(H,33,38)(H,34,39)/t22-,23+,26-,27-,29+/m0/s1/i1+1D3. The maximum Gasteiger partial charge on any atom is 0.252 e. The van der Waals surface area contributed by atoms with Crippen molar-refractivity contribution < 1.29 is 23.9 Å². The third-order valence-corrected chi connectivity index (χ3v) is 9.10. The summed E-state index contributed by atoms with van der Waals surface area (Å²) in [5.74, 6) is 0.0354. The van der Waals surface area contributed by atoms with E-state index >= 15 is 0 Å². The molecule has 2 aliphatic rings. The second kappa shape index (κ2) is 13.4. The van der Waals surface area contributed by atoms with Crippen LogP contribution >= 0.6 is 11.8 Å². The highest BCUT2D eigenvalue weighted by atomic mass is 32.2. The SMILES string of the molecule is [2H][13C]([2H])([2H])c1c(O)cccc1C(=O)N[C@@H](CSc1ccccc1)[C@H](O)CN1C[C@H]2CCCC[C@H]2C[C@H]1C(=O)NC(C)(C)C. The minimum atomic E-state index is -2.71. The van der Waals surface area contributed by atoms with Gasteiger partial charge in [0.05, 0.1) is 18.2 Å². The van der Waals surface area contributed by atoms with Gasteiger partial charge in [-0.25, -0.2) is 0 Å². The molecule has 0 aromatic heterocycles. The van der Waals surface area contributed by atoms with E-state index in [1.807, 2.05) is 51.1 Å². The molecule has 4 N–H and O–H groups in total. The van der Waals surface area contributed by atoms with Crippen LogP contribution in [-0.4, -0.2) is 69.5 Å². The van der Waals surface area contributed by atoms with Gasteiger partial charge in [-0.2, -0.15) is 0 Å². The summed E-state index contributed by atoms with van der Waals surface area (Å²) >= 11 is 1.47. The van der Waals surface area contributed by atoms with Crippen LogP contribution in [0, 0.1) is 18.7 Å². The second-order valence-electron chi connectivity index (χ2n) is 12.2. The number of nitrogens with one attached hydrogen (secondary N) is 2. The number of hydrogen-bond donors (Lipinski definition) is 4. The topological polar surface area (TPSA) is 102 Å². The van der Waals surface area contributed by atoms with Crippen LogP contribution in [0.1, 0.15) is 72.9 Å². The van der Waals surface area contributed by atoms with Crippen molar-refractivity contribution in [2.24, 2.45) is 11.8 Å². The normalized spacial score (nSPS) is 24.5. The van der Waals surface area contributed by atoms with Gasteiger partial charge in [-0.15, -0.1) is 11.8 Å². The van der Waals surface area contributed by atoms with Crippen molar-refractivity contribution in [3.63, 3.8) is 0 Å². The van der Waals surface area contributed by atoms with E-state index in [0.717, 1.165) is 24.2 Å². The highest BCUT2D eigenvalue weighted by Gasteiger charge is 2.41. The average Bonchev–Trinajstić information content (AvgIpc) is 2.93. The lowest BCUT2D eigenvalue weighted by atomic mass is 9.72. The molecule has 0 unspecified atom stereocenters. The Bertz CT molecular complexity index is 1250. The van der Waals surface area contributed by atoms with Crippen LogP contribution in [0.25, 0.3) is 0 Å². The number of hydrogen-bond acceptors (Lipinski definition) is 6. The summed E-state index contributed by atoms with van der Waals surface area (Å²) in [6, 6.07) is 12.5. The molecule has 1 saturated heterocycles. The Morgan fingerprint density at radius 2 is 1.82 bits per heavy atom. The summed E-state index contributed by atoms with van der Waals surface area (Å²) in [6.45, 7) is 4.04. The number of aliphatic hydroxyl groups is 1. The molecule has 1 aliphatic heterocycles. The number of carbonyl (C=O) groups is 2. The summed E-state index contributed by atoms with van der Waals surface area (Å²) in [7, 11) is 0. The lowest BCUT2D eigenvalue weighted by Crippen LogP contribution is -2.60. The maximum absolute atomic E-state index is 13.5. The Balaban J connectivity index is 1.58. The summed E-state index contributed by atoms with van der Waals surface area (Å²) in [4.78, 5) is 30.1. The molecular formula is C32H45N3O4S. The van der Waals surface area contributed by atoms with Gasteiger partial charge in [0.2, 0.25) is 5.91 Å². The van der Waals surface area contributed by atoms with Crippen molar-refractivity contribution in [3.8, 4) is 5.75 Å². The first-order valence-electron chi connectivity index (χ1n) is 15.8. The summed E-state index contributed by atoms with van der Waals surface area (Å²) in [5, 5.41) is 28.0. The second-order valence-corrected chi connectivity index (χ2v) is 13.3. The average molecular weight is 572 g/mol. The van der Waals surface area contributed by atoms with Gasteiger partial charge in [-0.05, 0) is 76.6 Å². The van der Waals surface area contributed by atoms with Crippen LogP contribution in [0.3, 0.4) is 0 Å². The molecule has 1 aliphatic carbocycles. The van der Waals surface area contributed by atoms with E-state index < -0.39 is 41.8 Å². The number of aliphatic hydroxyl groups excluding tert-OH is 1. The molecule has 0 bridgehead atoms. The number of phenolic OH excluding ortho intramolecular Hbond substituents is 1. The van der Waals surface area contributed by atoms with Crippen LogP contribution in [0.5, 0.6) is 5.75 Å². The molecule has 4 rings (SSSR count). The zero-order chi connectivity index (χ0) is 31.4. The molecule has 1 saturated carbocycles. The monoisotopic (exact) mass is 571 g/mol. The van der Waals surface area contributed by atoms with Crippen LogP contribution < -0.4 is 10.6 Å². The fourth-order valence-electron chi connectivity index (χ4n) is 5.92. The van der Waals surface area contributed by atoms with E-state index in [1.165, 1.54) is 42.8 Å². The van der Waals surface area contributed by atoms with E-state index in [9.17, 15) is 19.8 Å². The van der Waals surface area contributed by atoms with Gasteiger partial charge in [-0.3, -0.25) is 14.5 Å². The molecule has 2 aromatic rings. The van der Waals surface area contributed by atoms with Gasteiger partial charge in [-0.1, -0.05) is 43.5 Å². The lowest BCUT2D eigenvalue weighted by molar-refractivity contribution is -0.132. The number of carbonyl (C=O) groups excluding carboxylic acids is 2. The molecule has 2 fully saturated rings. The maximum atomic E-state index is 13.5. The van der Waals surface area contributed by atoms with E-state index in [1.54, 1.807) is 0 Å². The van der Waals surface area contributed by atoms with E-state index in [-0.39, 0.29) is 24.1 Å². The Morgan fingerprint density at radius 3 is 2.52 bits per heavy atom. The Kier molecular flexibility index (Phi) is 8.83. The van der Waals surface area contributed by atoms with E-state index in [4.69, 9.17) is 4.11 Å². The van der Waals surface area contributed by atoms with Crippen molar-refractivity contribution >= 4 is 23.6 Å². The fourth-order valence-corrected chi connectivity index (χ4v) is 6.95. The number of nitrogens with zero attached hydrogens (tertiary/aromatic N) is 1. The smallest absolute Gasteiger partial charge is 0.252 e. The molecule has 1 heterocycles. The number of amides is 2. The van der Waals surface area contributed by atoms with Crippen molar-refractivity contribution in [2.45, 2.75) is 88.3 Å². The summed E-state index contributed by atoms with van der Waals surface area (Å²) in [6.07, 6.45) is 4.25. The van der Waals surface area contributed by atoms with Crippen molar-refractivity contribution in [1.82, 2.24) is 15.5 Å². The van der Waals surface area contributed by atoms with Crippen LogP contribution in [-0.2, 0) is 4.79 Å². The first kappa shape index (κ1) is 26.4. The third-order valence-electron chi connectivity index (χ3n) is 7.97. The van der Waals surface area contributed by atoms with Gasteiger partial charge < -0.3 is 20.8 Å². The minimum Gasteiger partial charge on any atom is -0.508 e.